The third kappa shape index (κ3) is 4.25. The second-order valence-electron chi connectivity index (χ2n) is 6.69. The molecule has 1 fully saturated rings. The van der Waals surface area contributed by atoms with Gasteiger partial charge in [-0.25, -0.2) is 4.79 Å². The Morgan fingerprint density at radius 1 is 1.15 bits per heavy atom. The van der Waals surface area contributed by atoms with Crippen molar-refractivity contribution in [3.63, 3.8) is 0 Å². The third-order valence-electron chi connectivity index (χ3n) is 4.93. The molecule has 0 bridgehead atoms. The predicted octanol–water partition coefficient (Wildman–Crippen LogP) is 4.18. The van der Waals surface area contributed by atoms with E-state index in [9.17, 15) is 9.59 Å². The van der Waals surface area contributed by atoms with Crippen molar-refractivity contribution in [1.29, 1.82) is 0 Å². The Balaban J connectivity index is 1.72. The van der Waals surface area contributed by atoms with Gasteiger partial charge in [0.1, 0.15) is 18.7 Å². The number of hydrogen-bond donors (Lipinski definition) is 0. The van der Waals surface area contributed by atoms with E-state index in [1.54, 1.807) is 11.8 Å². The molecule has 0 spiro atoms. The largest absolute Gasteiger partial charge is 0.444 e. The van der Waals surface area contributed by atoms with Gasteiger partial charge in [0.2, 0.25) is 5.91 Å². The molecule has 1 saturated heterocycles. The monoisotopic (exact) mass is 386 g/mol. The molecule has 6 heteroatoms. The summed E-state index contributed by atoms with van der Waals surface area (Å²) >= 11 is 6.36. The van der Waals surface area contributed by atoms with E-state index < -0.39 is 17.5 Å². The molecule has 0 N–H and O–H groups in total. The molecular weight excluding hydrogens is 364 g/mol. The zero-order valence-electron chi connectivity index (χ0n) is 15.4. The highest BCUT2D eigenvalue weighted by molar-refractivity contribution is 6.31. The average molecular weight is 387 g/mol. The maximum absolute atomic E-state index is 12.7. The fourth-order valence-corrected chi connectivity index (χ4v) is 3.40. The zero-order valence-corrected chi connectivity index (χ0v) is 16.2. The molecule has 3 rings (SSSR count). The molecule has 142 valence electrons. The van der Waals surface area contributed by atoms with Gasteiger partial charge < -0.3 is 9.64 Å². The highest BCUT2D eigenvalue weighted by Gasteiger charge is 2.42. The summed E-state index contributed by atoms with van der Waals surface area (Å²) in [7, 11) is 0. The summed E-state index contributed by atoms with van der Waals surface area (Å²) in [5.41, 5.74) is 1.89. The second-order valence-corrected chi connectivity index (χ2v) is 7.16. The van der Waals surface area contributed by atoms with Gasteiger partial charge in [0.15, 0.2) is 0 Å². The van der Waals surface area contributed by atoms with Crippen LogP contribution in [0.2, 0.25) is 0 Å². The van der Waals surface area contributed by atoms with Gasteiger partial charge in [0.05, 0.1) is 12.1 Å². The maximum atomic E-state index is 12.7. The number of nitrogens with zero attached hydrogens (tertiary/aromatic N) is 2. The number of ether oxygens (including phenoxy) is 1. The number of rotatable bonds is 4. The van der Waals surface area contributed by atoms with E-state index in [1.807, 2.05) is 67.6 Å². The van der Waals surface area contributed by atoms with Crippen LogP contribution >= 0.6 is 11.6 Å². The molecule has 0 aliphatic carbocycles. The number of amides is 2. The molecule has 1 aliphatic heterocycles. The van der Waals surface area contributed by atoms with Crippen molar-refractivity contribution >= 4 is 23.6 Å². The van der Waals surface area contributed by atoms with Crippen LogP contribution in [0, 0.1) is 0 Å². The van der Waals surface area contributed by atoms with Crippen molar-refractivity contribution in [2.75, 3.05) is 6.67 Å². The minimum Gasteiger partial charge on any atom is -0.444 e. The number of carbonyl (C=O) groups excluding carboxylic acids is 2. The van der Waals surface area contributed by atoms with Crippen molar-refractivity contribution in [2.24, 2.45) is 0 Å². The topological polar surface area (TPSA) is 49.9 Å². The summed E-state index contributed by atoms with van der Waals surface area (Å²) in [6, 6.07) is 18.5. The maximum Gasteiger partial charge on any atom is 0.411 e. The summed E-state index contributed by atoms with van der Waals surface area (Å²) in [5, 5.41) is -0.811. The second kappa shape index (κ2) is 8.44. The van der Waals surface area contributed by atoms with Gasteiger partial charge in [-0.15, -0.1) is 11.6 Å². The van der Waals surface area contributed by atoms with E-state index in [0.717, 1.165) is 11.1 Å². The van der Waals surface area contributed by atoms with Gasteiger partial charge in [-0.05, 0) is 25.0 Å². The van der Waals surface area contributed by atoms with E-state index in [2.05, 4.69) is 0 Å². The lowest BCUT2D eigenvalue weighted by molar-refractivity contribution is -0.141. The summed E-state index contributed by atoms with van der Waals surface area (Å²) in [5.74, 6) is -0.173. The molecule has 2 amide bonds. The van der Waals surface area contributed by atoms with Gasteiger partial charge >= 0.3 is 6.09 Å². The van der Waals surface area contributed by atoms with Crippen LogP contribution in [0.15, 0.2) is 60.7 Å². The molecule has 1 heterocycles. The number of carbonyl (C=O) groups is 2. The Labute approximate surface area is 164 Å². The average Bonchev–Trinajstić information content (AvgIpc) is 2.71. The SMILES string of the molecule is C[C@@H]1[C@H](Cl)C(=O)N([C@@H](C)c2ccccc2)CN1C(=O)OCc1ccccc1. The molecule has 27 heavy (non-hydrogen) atoms. The lowest BCUT2D eigenvalue weighted by Gasteiger charge is -2.44. The fraction of sp³-hybridized carbons (Fsp3) is 0.333. The van der Waals surface area contributed by atoms with Crippen molar-refractivity contribution < 1.29 is 14.3 Å². The molecular formula is C21H23ClN2O3. The quantitative estimate of drug-likeness (QED) is 0.740. The smallest absolute Gasteiger partial charge is 0.411 e. The molecule has 5 nitrogen and oxygen atoms in total. The minimum absolute atomic E-state index is 0.146. The molecule has 3 atom stereocenters. The normalized spacial score (nSPS) is 21.1. The first-order valence-electron chi connectivity index (χ1n) is 8.96. The Bertz CT molecular complexity index is 785. The minimum atomic E-state index is -0.811. The first kappa shape index (κ1) is 19.2. The number of alkyl halides is 1. The Morgan fingerprint density at radius 3 is 2.37 bits per heavy atom. The fourth-order valence-electron chi connectivity index (χ4n) is 3.14. The van der Waals surface area contributed by atoms with Crippen molar-refractivity contribution in [2.45, 2.75) is 37.9 Å². The highest BCUT2D eigenvalue weighted by Crippen LogP contribution is 2.29. The third-order valence-corrected chi connectivity index (χ3v) is 5.48. The van der Waals surface area contributed by atoms with Crippen LogP contribution < -0.4 is 0 Å². The Morgan fingerprint density at radius 2 is 1.74 bits per heavy atom. The Hall–Kier alpha value is -2.53. The van der Waals surface area contributed by atoms with Gasteiger partial charge in [-0.3, -0.25) is 9.69 Å². The van der Waals surface area contributed by atoms with Crippen LogP contribution in [0.1, 0.15) is 31.0 Å². The van der Waals surface area contributed by atoms with Crippen LogP contribution in [-0.4, -0.2) is 39.9 Å². The van der Waals surface area contributed by atoms with E-state index >= 15 is 0 Å². The molecule has 0 radical (unpaired) electrons. The standard InChI is InChI=1S/C21H23ClN2O3/c1-15(18-11-7-4-8-12-18)23-14-24(16(2)19(22)20(23)25)21(26)27-13-17-9-5-3-6-10-17/h3-12,15-16,19H,13-14H2,1-2H3/t15-,16+,19-/m0/s1. The lowest BCUT2D eigenvalue weighted by atomic mass is 10.0. The van der Waals surface area contributed by atoms with Crippen LogP contribution in [0.3, 0.4) is 0 Å². The lowest BCUT2D eigenvalue weighted by Crippen LogP contribution is -2.60. The summed E-state index contributed by atoms with van der Waals surface area (Å²) < 4.78 is 5.45. The van der Waals surface area contributed by atoms with E-state index in [0.29, 0.717) is 0 Å². The van der Waals surface area contributed by atoms with E-state index in [4.69, 9.17) is 16.3 Å². The molecule has 0 aromatic heterocycles. The van der Waals surface area contributed by atoms with Crippen molar-refractivity contribution in [3.05, 3.63) is 71.8 Å². The van der Waals surface area contributed by atoms with E-state index in [-0.39, 0.29) is 25.2 Å². The van der Waals surface area contributed by atoms with Crippen LogP contribution in [0.5, 0.6) is 0 Å². The first-order chi connectivity index (χ1) is 13.0. The number of benzene rings is 2. The first-order valence-corrected chi connectivity index (χ1v) is 9.39. The van der Waals surface area contributed by atoms with Gasteiger partial charge in [0, 0.05) is 0 Å². The summed E-state index contributed by atoms with van der Waals surface area (Å²) in [6.45, 7) is 4.02. The Kier molecular flexibility index (Phi) is 6.01. The molecule has 0 saturated carbocycles. The van der Waals surface area contributed by atoms with Crippen molar-refractivity contribution in [3.8, 4) is 0 Å². The molecule has 0 unspecified atom stereocenters. The molecule has 2 aromatic rings. The van der Waals surface area contributed by atoms with Crippen LogP contribution in [0.4, 0.5) is 4.79 Å². The van der Waals surface area contributed by atoms with Crippen LogP contribution in [0.25, 0.3) is 0 Å². The van der Waals surface area contributed by atoms with Gasteiger partial charge in [-0.1, -0.05) is 60.7 Å². The van der Waals surface area contributed by atoms with Gasteiger partial charge in [0.25, 0.3) is 0 Å². The molecule has 1 aliphatic rings. The van der Waals surface area contributed by atoms with Gasteiger partial charge in [-0.2, -0.15) is 0 Å². The van der Waals surface area contributed by atoms with E-state index in [1.165, 1.54) is 4.90 Å². The summed E-state index contributed by atoms with van der Waals surface area (Å²) in [4.78, 5) is 28.5. The zero-order chi connectivity index (χ0) is 19.4. The predicted molar refractivity (Wildman–Crippen MR) is 104 cm³/mol. The summed E-state index contributed by atoms with van der Waals surface area (Å²) in [6.07, 6.45) is -0.477. The number of halogens is 1. The highest BCUT2D eigenvalue weighted by atomic mass is 35.5. The van der Waals surface area contributed by atoms with Crippen LogP contribution in [-0.2, 0) is 16.1 Å². The molecule has 2 aromatic carbocycles. The number of hydrogen-bond acceptors (Lipinski definition) is 3. The van der Waals surface area contributed by atoms with Crippen molar-refractivity contribution in [1.82, 2.24) is 9.80 Å².